The van der Waals surface area contributed by atoms with Gasteiger partial charge < -0.3 is 8.83 Å². The van der Waals surface area contributed by atoms with Crippen LogP contribution < -0.4 is 0 Å². The monoisotopic (exact) mass is 249 g/mol. The molecular formula is C13H19N3O2. The maximum Gasteiger partial charge on any atom is 0.283 e. The first-order chi connectivity index (χ1) is 8.70. The van der Waals surface area contributed by atoms with Crippen molar-refractivity contribution >= 4 is 0 Å². The van der Waals surface area contributed by atoms with Crippen molar-refractivity contribution in [1.29, 1.82) is 0 Å². The molecule has 2 aromatic heterocycles. The van der Waals surface area contributed by atoms with Gasteiger partial charge in [0.1, 0.15) is 0 Å². The van der Waals surface area contributed by atoms with Crippen LogP contribution in [0.3, 0.4) is 0 Å². The standard InChI is InChI=1S/C13H19N3O2/c1-4-6-10(2)16(3)9-12-14-15-13(18-12)11-7-5-8-17-11/h5,7-8,10H,4,6,9H2,1-3H3. The van der Waals surface area contributed by atoms with Crippen LogP contribution >= 0.6 is 0 Å². The first-order valence-corrected chi connectivity index (χ1v) is 6.27. The predicted octanol–water partition coefficient (Wildman–Crippen LogP) is 2.95. The summed E-state index contributed by atoms with van der Waals surface area (Å²) in [5.41, 5.74) is 0. The molecule has 0 fully saturated rings. The highest BCUT2D eigenvalue weighted by Gasteiger charge is 2.14. The molecule has 98 valence electrons. The highest BCUT2D eigenvalue weighted by atomic mass is 16.4. The van der Waals surface area contributed by atoms with Crippen molar-refractivity contribution in [2.75, 3.05) is 7.05 Å². The summed E-state index contributed by atoms with van der Waals surface area (Å²) in [6, 6.07) is 4.11. The van der Waals surface area contributed by atoms with Crippen LogP contribution in [0.2, 0.25) is 0 Å². The lowest BCUT2D eigenvalue weighted by molar-refractivity contribution is 0.215. The fourth-order valence-electron chi connectivity index (χ4n) is 1.82. The minimum Gasteiger partial charge on any atom is -0.459 e. The third-order valence-electron chi connectivity index (χ3n) is 3.04. The minimum atomic E-state index is 0.437. The lowest BCUT2D eigenvalue weighted by Gasteiger charge is -2.22. The normalized spacial score (nSPS) is 13.1. The Hall–Kier alpha value is -1.62. The van der Waals surface area contributed by atoms with E-state index in [0.717, 1.165) is 6.42 Å². The molecule has 2 heterocycles. The van der Waals surface area contributed by atoms with Gasteiger partial charge in [-0.25, -0.2) is 0 Å². The molecule has 0 radical (unpaired) electrons. The molecule has 0 aliphatic heterocycles. The zero-order valence-electron chi connectivity index (χ0n) is 11.1. The fraction of sp³-hybridized carbons (Fsp3) is 0.538. The number of furan rings is 1. The Bertz CT molecular complexity index is 464. The molecule has 0 spiro atoms. The maximum atomic E-state index is 5.57. The van der Waals surface area contributed by atoms with Gasteiger partial charge in [0.05, 0.1) is 12.8 Å². The molecule has 2 rings (SSSR count). The molecule has 0 saturated carbocycles. The topological polar surface area (TPSA) is 55.3 Å². The average molecular weight is 249 g/mol. The Morgan fingerprint density at radius 2 is 2.22 bits per heavy atom. The van der Waals surface area contributed by atoms with E-state index in [0.29, 0.717) is 30.1 Å². The van der Waals surface area contributed by atoms with Crippen molar-refractivity contribution in [3.05, 3.63) is 24.3 Å². The summed E-state index contributed by atoms with van der Waals surface area (Å²) >= 11 is 0. The summed E-state index contributed by atoms with van der Waals surface area (Å²) in [6.07, 6.45) is 3.93. The van der Waals surface area contributed by atoms with E-state index in [2.05, 4.69) is 36.0 Å². The van der Waals surface area contributed by atoms with Crippen molar-refractivity contribution in [1.82, 2.24) is 15.1 Å². The van der Waals surface area contributed by atoms with Crippen molar-refractivity contribution in [3.8, 4) is 11.7 Å². The molecule has 5 nitrogen and oxygen atoms in total. The summed E-state index contributed by atoms with van der Waals surface area (Å²) in [5.74, 6) is 1.66. The Kier molecular flexibility index (Phi) is 4.15. The molecule has 0 aliphatic carbocycles. The van der Waals surface area contributed by atoms with E-state index < -0.39 is 0 Å². The van der Waals surface area contributed by atoms with Gasteiger partial charge >= 0.3 is 0 Å². The van der Waals surface area contributed by atoms with E-state index in [1.165, 1.54) is 6.42 Å². The van der Waals surface area contributed by atoms with Gasteiger partial charge in [0.15, 0.2) is 5.76 Å². The van der Waals surface area contributed by atoms with Gasteiger partial charge in [0, 0.05) is 6.04 Å². The van der Waals surface area contributed by atoms with Crippen molar-refractivity contribution in [3.63, 3.8) is 0 Å². The third-order valence-corrected chi connectivity index (χ3v) is 3.04. The number of rotatable bonds is 6. The molecule has 1 atom stereocenters. The van der Waals surface area contributed by atoms with E-state index in [9.17, 15) is 0 Å². The first-order valence-electron chi connectivity index (χ1n) is 6.27. The van der Waals surface area contributed by atoms with E-state index in [1.54, 1.807) is 18.4 Å². The van der Waals surface area contributed by atoms with Crippen molar-refractivity contribution < 1.29 is 8.83 Å². The molecule has 0 bridgehead atoms. The van der Waals surface area contributed by atoms with Crippen LogP contribution in [-0.2, 0) is 6.54 Å². The molecule has 0 amide bonds. The summed E-state index contributed by atoms with van der Waals surface area (Å²) in [5, 5.41) is 8.02. The van der Waals surface area contributed by atoms with Crippen LogP contribution in [0, 0.1) is 0 Å². The lowest BCUT2D eigenvalue weighted by Crippen LogP contribution is -2.28. The van der Waals surface area contributed by atoms with E-state index >= 15 is 0 Å². The van der Waals surface area contributed by atoms with E-state index in [-0.39, 0.29) is 0 Å². The quantitative estimate of drug-likeness (QED) is 0.787. The smallest absolute Gasteiger partial charge is 0.283 e. The summed E-state index contributed by atoms with van der Waals surface area (Å²) in [6.45, 7) is 5.05. The highest BCUT2D eigenvalue weighted by molar-refractivity contribution is 5.42. The number of aromatic nitrogens is 2. The van der Waals surface area contributed by atoms with Crippen LogP contribution in [-0.4, -0.2) is 28.2 Å². The van der Waals surface area contributed by atoms with Gasteiger partial charge in [-0.05, 0) is 32.5 Å². The van der Waals surface area contributed by atoms with Crippen LogP contribution in [0.25, 0.3) is 11.7 Å². The second kappa shape index (κ2) is 5.82. The van der Waals surface area contributed by atoms with Crippen LogP contribution in [0.15, 0.2) is 27.2 Å². The number of nitrogens with zero attached hydrogens (tertiary/aromatic N) is 3. The molecule has 2 aromatic rings. The van der Waals surface area contributed by atoms with Crippen molar-refractivity contribution in [2.45, 2.75) is 39.3 Å². The van der Waals surface area contributed by atoms with Gasteiger partial charge in [0.25, 0.3) is 5.89 Å². The van der Waals surface area contributed by atoms with Crippen LogP contribution in [0.5, 0.6) is 0 Å². The number of hydrogen-bond donors (Lipinski definition) is 0. The maximum absolute atomic E-state index is 5.57. The molecular weight excluding hydrogens is 230 g/mol. The lowest BCUT2D eigenvalue weighted by atomic mass is 10.2. The molecule has 0 aliphatic rings. The van der Waals surface area contributed by atoms with E-state index in [4.69, 9.17) is 8.83 Å². The zero-order chi connectivity index (χ0) is 13.0. The second-order valence-electron chi connectivity index (χ2n) is 4.53. The van der Waals surface area contributed by atoms with Gasteiger partial charge in [-0.3, -0.25) is 4.90 Å². The molecule has 5 heteroatoms. The van der Waals surface area contributed by atoms with Crippen LogP contribution in [0.4, 0.5) is 0 Å². The summed E-state index contributed by atoms with van der Waals surface area (Å²) in [4.78, 5) is 2.21. The van der Waals surface area contributed by atoms with Gasteiger partial charge in [0.2, 0.25) is 5.89 Å². The Morgan fingerprint density at radius 1 is 1.39 bits per heavy atom. The summed E-state index contributed by atoms with van der Waals surface area (Å²) < 4.78 is 10.8. The first kappa shape index (κ1) is 12.8. The molecule has 18 heavy (non-hydrogen) atoms. The molecule has 0 N–H and O–H groups in total. The minimum absolute atomic E-state index is 0.437. The third kappa shape index (κ3) is 2.98. The zero-order valence-corrected chi connectivity index (χ0v) is 11.1. The Balaban J connectivity index is 1.98. The van der Waals surface area contributed by atoms with Gasteiger partial charge in [-0.1, -0.05) is 13.3 Å². The summed E-state index contributed by atoms with van der Waals surface area (Å²) in [7, 11) is 2.07. The SMILES string of the molecule is CCCC(C)N(C)Cc1nnc(-c2ccco2)o1. The Morgan fingerprint density at radius 3 is 2.89 bits per heavy atom. The number of hydrogen-bond acceptors (Lipinski definition) is 5. The highest BCUT2D eigenvalue weighted by Crippen LogP contribution is 2.18. The predicted molar refractivity (Wildman–Crippen MR) is 67.8 cm³/mol. The molecule has 1 unspecified atom stereocenters. The van der Waals surface area contributed by atoms with Crippen molar-refractivity contribution in [2.24, 2.45) is 0 Å². The Labute approximate surface area is 107 Å². The average Bonchev–Trinajstić information content (AvgIpc) is 2.98. The largest absolute Gasteiger partial charge is 0.459 e. The second-order valence-corrected chi connectivity index (χ2v) is 4.53. The van der Waals surface area contributed by atoms with Gasteiger partial charge in [-0.15, -0.1) is 10.2 Å². The van der Waals surface area contributed by atoms with E-state index in [1.807, 2.05) is 0 Å². The fourth-order valence-corrected chi connectivity index (χ4v) is 1.82. The molecule has 0 saturated heterocycles. The molecule has 0 aromatic carbocycles. The van der Waals surface area contributed by atoms with Gasteiger partial charge in [-0.2, -0.15) is 0 Å². The van der Waals surface area contributed by atoms with Crippen LogP contribution in [0.1, 0.15) is 32.6 Å².